The van der Waals surface area contributed by atoms with Gasteiger partial charge in [0.05, 0.1) is 13.5 Å². The fourth-order valence-corrected chi connectivity index (χ4v) is 3.00. The lowest BCUT2D eigenvalue weighted by atomic mass is 10.1. The highest BCUT2D eigenvalue weighted by atomic mass is 19.2. The normalized spacial score (nSPS) is 15.0. The molecule has 1 fully saturated rings. The molecule has 0 aromatic heterocycles. The minimum absolute atomic E-state index is 0.0708. The number of carbonyl (C=O) groups excluding carboxylic acids is 1. The van der Waals surface area contributed by atoms with Crippen molar-refractivity contribution in [3.05, 3.63) is 59.7 Å². The third kappa shape index (κ3) is 4.50. The smallest absolute Gasteiger partial charge is 0.226 e. The van der Waals surface area contributed by atoms with Crippen LogP contribution in [-0.4, -0.2) is 37.1 Å². The molecule has 0 saturated carbocycles. The van der Waals surface area contributed by atoms with Crippen molar-refractivity contribution in [1.29, 1.82) is 0 Å². The summed E-state index contributed by atoms with van der Waals surface area (Å²) < 4.78 is 37.0. The monoisotopic (exact) mass is 361 g/mol. The Labute approximate surface area is 151 Å². The molecule has 0 bridgehead atoms. The quantitative estimate of drug-likeness (QED) is 0.817. The minimum Gasteiger partial charge on any atom is -0.497 e. The molecular formula is C20H21F2NO3. The number of methoxy groups -OCH3 is 1. The lowest BCUT2D eigenvalue weighted by Gasteiger charge is -2.32. The molecule has 0 aliphatic carbocycles. The molecule has 1 heterocycles. The molecule has 6 heteroatoms. The van der Waals surface area contributed by atoms with Gasteiger partial charge in [0.1, 0.15) is 17.6 Å². The fraction of sp³-hybridized carbons (Fsp3) is 0.350. The molecule has 1 saturated heterocycles. The SMILES string of the molecule is COc1ccc(CC(=O)N2CCC(Oc3ccc(F)c(F)c3)CC2)cc1. The Hall–Kier alpha value is -2.63. The van der Waals surface area contributed by atoms with Crippen molar-refractivity contribution < 1.29 is 23.0 Å². The van der Waals surface area contributed by atoms with Gasteiger partial charge in [0.15, 0.2) is 11.6 Å². The van der Waals surface area contributed by atoms with E-state index in [1.54, 1.807) is 7.11 Å². The molecule has 0 atom stereocenters. The van der Waals surface area contributed by atoms with E-state index in [9.17, 15) is 13.6 Å². The van der Waals surface area contributed by atoms with Gasteiger partial charge in [0.2, 0.25) is 5.91 Å². The number of rotatable bonds is 5. The summed E-state index contributed by atoms with van der Waals surface area (Å²) in [4.78, 5) is 14.2. The van der Waals surface area contributed by atoms with Crippen molar-refractivity contribution >= 4 is 5.91 Å². The molecule has 138 valence electrons. The first-order valence-electron chi connectivity index (χ1n) is 8.57. The van der Waals surface area contributed by atoms with Crippen molar-refractivity contribution in [3.8, 4) is 11.5 Å². The van der Waals surface area contributed by atoms with Crippen LogP contribution in [0.15, 0.2) is 42.5 Å². The van der Waals surface area contributed by atoms with E-state index in [2.05, 4.69) is 0 Å². The zero-order valence-corrected chi connectivity index (χ0v) is 14.6. The van der Waals surface area contributed by atoms with Crippen molar-refractivity contribution in [2.75, 3.05) is 20.2 Å². The largest absolute Gasteiger partial charge is 0.497 e. The number of hydrogen-bond acceptors (Lipinski definition) is 3. The first-order chi connectivity index (χ1) is 12.5. The highest BCUT2D eigenvalue weighted by Gasteiger charge is 2.24. The van der Waals surface area contributed by atoms with E-state index in [0.29, 0.717) is 38.1 Å². The molecule has 26 heavy (non-hydrogen) atoms. The number of amides is 1. The summed E-state index contributed by atoms with van der Waals surface area (Å²) in [5.41, 5.74) is 0.941. The van der Waals surface area contributed by atoms with E-state index < -0.39 is 11.6 Å². The zero-order valence-electron chi connectivity index (χ0n) is 14.6. The molecule has 1 amide bonds. The van der Waals surface area contributed by atoms with E-state index in [-0.39, 0.29) is 12.0 Å². The molecule has 1 aliphatic heterocycles. The average molecular weight is 361 g/mol. The lowest BCUT2D eigenvalue weighted by Crippen LogP contribution is -2.42. The molecule has 1 aliphatic rings. The second-order valence-electron chi connectivity index (χ2n) is 6.30. The molecular weight excluding hydrogens is 340 g/mol. The van der Waals surface area contributed by atoms with Gasteiger partial charge in [-0.05, 0) is 29.8 Å². The topological polar surface area (TPSA) is 38.8 Å². The molecule has 4 nitrogen and oxygen atoms in total. The summed E-state index contributed by atoms with van der Waals surface area (Å²) in [7, 11) is 1.60. The first kappa shape index (κ1) is 18.2. The minimum atomic E-state index is -0.922. The third-order valence-electron chi connectivity index (χ3n) is 4.50. The van der Waals surface area contributed by atoms with Crippen molar-refractivity contribution in [1.82, 2.24) is 4.90 Å². The van der Waals surface area contributed by atoms with Crippen molar-refractivity contribution in [2.24, 2.45) is 0 Å². The molecule has 2 aromatic carbocycles. The van der Waals surface area contributed by atoms with E-state index in [1.165, 1.54) is 6.07 Å². The predicted octanol–water partition coefficient (Wildman–Crippen LogP) is 3.59. The average Bonchev–Trinajstić information content (AvgIpc) is 2.66. The zero-order chi connectivity index (χ0) is 18.5. The summed E-state index contributed by atoms with van der Waals surface area (Å²) in [5.74, 6) is -0.671. The van der Waals surface area contributed by atoms with Crippen LogP contribution in [0.4, 0.5) is 8.78 Å². The van der Waals surface area contributed by atoms with Gasteiger partial charge in [-0.25, -0.2) is 8.78 Å². The Kier molecular flexibility index (Phi) is 5.71. The summed E-state index contributed by atoms with van der Waals surface area (Å²) in [6.07, 6.45) is 1.56. The summed E-state index contributed by atoms with van der Waals surface area (Å²) in [5, 5.41) is 0. The number of piperidine rings is 1. The van der Waals surface area contributed by atoms with Gasteiger partial charge in [-0.3, -0.25) is 4.79 Å². The molecule has 2 aromatic rings. The number of hydrogen-bond donors (Lipinski definition) is 0. The van der Waals surface area contributed by atoms with Gasteiger partial charge in [0.25, 0.3) is 0 Å². The second-order valence-corrected chi connectivity index (χ2v) is 6.30. The number of halogens is 2. The van der Waals surface area contributed by atoms with Crippen LogP contribution in [-0.2, 0) is 11.2 Å². The third-order valence-corrected chi connectivity index (χ3v) is 4.50. The molecule has 0 N–H and O–H groups in total. The molecule has 0 radical (unpaired) electrons. The summed E-state index contributed by atoms with van der Waals surface area (Å²) >= 11 is 0. The van der Waals surface area contributed by atoms with Gasteiger partial charge in [0, 0.05) is 32.0 Å². The van der Waals surface area contributed by atoms with Crippen LogP contribution in [0.25, 0.3) is 0 Å². The number of nitrogens with zero attached hydrogens (tertiary/aromatic N) is 1. The maximum absolute atomic E-state index is 13.2. The Balaban J connectivity index is 1.49. The maximum atomic E-state index is 13.2. The molecule has 3 rings (SSSR count). The van der Waals surface area contributed by atoms with Crippen LogP contribution < -0.4 is 9.47 Å². The molecule has 0 spiro atoms. The fourth-order valence-electron chi connectivity index (χ4n) is 3.00. The predicted molar refractivity (Wildman–Crippen MR) is 93.3 cm³/mol. The van der Waals surface area contributed by atoms with Crippen LogP contribution >= 0.6 is 0 Å². The summed E-state index contributed by atoms with van der Waals surface area (Å²) in [6.45, 7) is 1.17. The summed E-state index contributed by atoms with van der Waals surface area (Å²) in [6, 6.07) is 11.0. The van der Waals surface area contributed by atoms with Crippen LogP contribution in [0.3, 0.4) is 0 Å². The number of likely N-dealkylation sites (tertiary alicyclic amines) is 1. The number of carbonyl (C=O) groups is 1. The Morgan fingerprint density at radius 1 is 1.04 bits per heavy atom. The van der Waals surface area contributed by atoms with Crippen LogP contribution in [0.5, 0.6) is 11.5 Å². The Morgan fingerprint density at radius 2 is 1.69 bits per heavy atom. The number of benzene rings is 2. The Morgan fingerprint density at radius 3 is 2.31 bits per heavy atom. The van der Waals surface area contributed by atoms with E-state index in [1.807, 2.05) is 29.2 Å². The van der Waals surface area contributed by atoms with Crippen molar-refractivity contribution in [3.63, 3.8) is 0 Å². The maximum Gasteiger partial charge on any atom is 0.226 e. The van der Waals surface area contributed by atoms with Crippen molar-refractivity contribution in [2.45, 2.75) is 25.4 Å². The van der Waals surface area contributed by atoms with Crippen LogP contribution in [0.1, 0.15) is 18.4 Å². The van der Waals surface area contributed by atoms with Crippen LogP contribution in [0.2, 0.25) is 0 Å². The lowest BCUT2D eigenvalue weighted by molar-refractivity contribution is -0.132. The number of ether oxygens (including phenoxy) is 2. The standard InChI is InChI=1S/C20H21F2NO3/c1-25-15-4-2-14(3-5-15)12-20(24)23-10-8-16(9-11-23)26-17-6-7-18(21)19(22)13-17/h2-7,13,16H,8-12H2,1H3. The van der Waals surface area contributed by atoms with E-state index in [4.69, 9.17) is 9.47 Å². The Bertz CT molecular complexity index is 756. The van der Waals surface area contributed by atoms with E-state index >= 15 is 0 Å². The van der Waals surface area contributed by atoms with Gasteiger partial charge < -0.3 is 14.4 Å². The van der Waals surface area contributed by atoms with Gasteiger partial charge in [-0.2, -0.15) is 0 Å². The van der Waals surface area contributed by atoms with Gasteiger partial charge in [-0.15, -0.1) is 0 Å². The van der Waals surface area contributed by atoms with Gasteiger partial charge >= 0.3 is 0 Å². The van der Waals surface area contributed by atoms with E-state index in [0.717, 1.165) is 23.4 Å². The first-order valence-corrected chi connectivity index (χ1v) is 8.57. The molecule has 0 unspecified atom stereocenters. The highest BCUT2D eigenvalue weighted by Crippen LogP contribution is 2.22. The van der Waals surface area contributed by atoms with Crippen LogP contribution in [0, 0.1) is 11.6 Å². The highest BCUT2D eigenvalue weighted by molar-refractivity contribution is 5.78. The second kappa shape index (κ2) is 8.17. The van der Waals surface area contributed by atoms with Gasteiger partial charge in [-0.1, -0.05) is 12.1 Å².